The van der Waals surface area contributed by atoms with Gasteiger partial charge < -0.3 is 19.1 Å². The molecule has 0 spiro atoms. The molecule has 0 aliphatic heterocycles. The van der Waals surface area contributed by atoms with Gasteiger partial charge in [-0.1, -0.05) is 36.4 Å². The van der Waals surface area contributed by atoms with Crippen molar-refractivity contribution >= 4 is 38.3 Å². The van der Waals surface area contributed by atoms with Gasteiger partial charge in [0.15, 0.2) is 0 Å². The third-order valence-electron chi connectivity index (χ3n) is 4.62. The van der Waals surface area contributed by atoms with Gasteiger partial charge in [0.2, 0.25) is 0 Å². The van der Waals surface area contributed by atoms with Crippen LogP contribution in [0, 0.1) is 0 Å². The molecule has 32 heavy (non-hydrogen) atoms. The fraction of sp³-hybridized carbons (Fsp3) is 0.0909. The van der Waals surface area contributed by atoms with Crippen LogP contribution in [-0.2, 0) is 10.5 Å². The van der Waals surface area contributed by atoms with Gasteiger partial charge in [0.25, 0.3) is 10.5 Å². The fourth-order valence-corrected chi connectivity index (χ4v) is 3.49. The van der Waals surface area contributed by atoms with Gasteiger partial charge in [-0.3, -0.25) is 0 Å². The zero-order valence-electron chi connectivity index (χ0n) is 16.9. The Kier molecular flexibility index (Phi) is 6.56. The molecule has 1 N–H and O–H groups in total. The highest BCUT2D eigenvalue weighted by Crippen LogP contribution is 2.43. The van der Waals surface area contributed by atoms with E-state index in [9.17, 15) is 13.8 Å². The Morgan fingerprint density at radius 3 is 2.03 bits per heavy atom. The molecule has 4 rings (SSSR count). The van der Waals surface area contributed by atoms with E-state index in [0.29, 0.717) is 44.4 Å². The summed E-state index contributed by atoms with van der Waals surface area (Å²) in [6.45, 7) is 0. The quantitative estimate of drug-likeness (QED) is 0.274. The molecule has 0 bridgehead atoms. The van der Waals surface area contributed by atoms with Crippen molar-refractivity contribution in [2.75, 3.05) is 14.2 Å². The largest absolute Gasteiger partial charge is 0.722 e. The highest BCUT2D eigenvalue weighted by molar-refractivity contribution is 7.80. The van der Waals surface area contributed by atoms with Gasteiger partial charge >= 0.3 is 5.97 Å². The summed E-state index contributed by atoms with van der Waals surface area (Å²) in [6, 6.07) is 18.3. The van der Waals surface area contributed by atoms with E-state index in [0.717, 1.165) is 0 Å². The molecule has 0 saturated carbocycles. The summed E-state index contributed by atoms with van der Waals surface area (Å²) in [5.41, 5.74) is 2.88. The number of para-hydroxylation sites is 1. The number of benzene rings is 3. The third kappa shape index (κ3) is 4.76. The Balaban J connectivity index is 0.000000523. The van der Waals surface area contributed by atoms with E-state index >= 15 is 0 Å². The standard InChI is InChI=1S/C22H17NO4.FHO3S/c1-26-17-11-6-12-18(27-2)20(17)14-8-5-10-16-19(14)21(22(24)25)13-7-3-4-9-15(13)23-16;1-5(2,3)4/h3-12H,1-2H3,(H,24,25);(H,2,3,4)/p-1. The molecule has 0 fully saturated rings. The minimum Gasteiger partial charge on any atom is -0.722 e. The molecule has 0 aliphatic carbocycles. The predicted octanol–water partition coefficient (Wildman–Crippen LogP) is 4.19. The van der Waals surface area contributed by atoms with Crippen LogP contribution in [0.3, 0.4) is 0 Å². The lowest BCUT2D eigenvalue weighted by molar-refractivity contribution is 0.0701. The van der Waals surface area contributed by atoms with E-state index in [1.807, 2.05) is 54.6 Å². The number of aromatic carboxylic acids is 1. The van der Waals surface area contributed by atoms with Crippen molar-refractivity contribution in [3.05, 3.63) is 66.2 Å². The Bertz CT molecular complexity index is 1390. The van der Waals surface area contributed by atoms with E-state index in [1.54, 1.807) is 20.3 Å². The second-order valence-electron chi connectivity index (χ2n) is 6.44. The number of nitrogens with zero attached hydrogens (tertiary/aromatic N) is 1. The smallest absolute Gasteiger partial charge is 0.337 e. The number of methoxy groups -OCH3 is 2. The van der Waals surface area contributed by atoms with Gasteiger partial charge in [0, 0.05) is 10.8 Å². The highest BCUT2D eigenvalue weighted by atomic mass is 32.3. The molecule has 0 atom stereocenters. The molecular weight excluding hydrogens is 441 g/mol. The van der Waals surface area contributed by atoms with E-state index in [4.69, 9.17) is 22.4 Å². The van der Waals surface area contributed by atoms with Crippen LogP contribution in [-0.4, -0.2) is 43.2 Å². The molecule has 166 valence electrons. The lowest BCUT2D eigenvalue weighted by Gasteiger charge is -2.16. The molecule has 0 unspecified atom stereocenters. The van der Waals surface area contributed by atoms with Crippen molar-refractivity contribution in [1.29, 1.82) is 0 Å². The SMILES string of the molecule is COc1cccc(OC)c1-c1cccc2nc3ccccc3c(C(=O)O)c12.O=S(=O)([O-])F. The monoisotopic (exact) mass is 458 g/mol. The number of carboxylic acid groups (broad SMARTS) is 1. The molecular formula is C22H17FNO7S-. The van der Waals surface area contributed by atoms with E-state index in [2.05, 4.69) is 4.98 Å². The topological polar surface area (TPSA) is 126 Å². The number of rotatable bonds is 4. The molecule has 0 aliphatic rings. The van der Waals surface area contributed by atoms with E-state index < -0.39 is 16.5 Å². The summed E-state index contributed by atoms with van der Waals surface area (Å²) in [7, 11) is -2.26. The molecule has 8 nitrogen and oxygen atoms in total. The van der Waals surface area contributed by atoms with Crippen LogP contribution in [0.5, 0.6) is 11.5 Å². The average molecular weight is 458 g/mol. The number of ether oxygens (including phenoxy) is 2. The van der Waals surface area contributed by atoms with Crippen LogP contribution < -0.4 is 9.47 Å². The number of hydrogen-bond acceptors (Lipinski definition) is 7. The maximum Gasteiger partial charge on any atom is 0.337 e. The minimum atomic E-state index is -5.42. The molecule has 0 radical (unpaired) electrons. The van der Waals surface area contributed by atoms with Crippen LogP contribution in [0.4, 0.5) is 3.89 Å². The molecule has 0 saturated heterocycles. The maximum atomic E-state index is 12.2. The molecule has 10 heteroatoms. The first-order chi connectivity index (χ1) is 15.2. The first-order valence-corrected chi connectivity index (χ1v) is 10.4. The Labute approximate surface area is 182 Å². The molecule has 3 aromatic carbocycles. The molecule has 4 aromatic rings. The lowest BCUT2D eigenvalue weighted by atomic mass is 9.93. The molecule has 1 aromatic heterocycles. The lowest BCUT2D eigenvalue weighted by Crippen LogP contribution is -2.03. The van der Waals surface area contributed by atoms with Crippen LogP contribution in [0.2, 0.25) is 0 Å². The summed E-state index contributed by atoms with van der Waals surface area (Å²) in [6.07, 6.45) is 0. The summed E-state index contributed by atoms with van der Waals surface area (Å²) in [4.78, 5) is 16.9. The first-order valence-electron chi connectivity index (χ1n) is 9.07. The van der Waals surface area contributed by atoms with Crippen molar-refractivity contribution in [2.45, 2.75) is 0 Å². The average Bonchev–Trinajstić information content (AvgIpc) is 2.75. The van der Waals surface area contributed by atoms with Crippen LogP contribution in [0.25, 0.3) is 32.9 Å². The fourth-order valence-electron chi connectivity index (χ4n) is 3.49. The number of fused-ring (bicyclic) bond motifs is 2. The van der Waals surface area contributed by atoms with E-state index in [-0.39, 0.29) is 5.56 Å². The molecule has 0 amide bonds. The van der Waals surface area contributed by atoms with Crippen molar-refractivity contribution in [3.8, 4) is 22.6 Å². The number of carbonyl (C=O) groups is 1. The summed E-state index contributed by atoms with van der Waals surface area (Å²) >= 11 is 0. The van der Waals surface area contributed by atoms with Crippen molar-refractivity contribution in [2.24, 2.45) is 0 Å². The number of halogens is 1. The summed E-state index contributed by atoms with van der Waals surface area (Å²) < 4.78 is 46.4. The predicted molar refractivity (Wildman–Crippen MR) is 116 cm³/mol. The number of hydrogen-bond donors (Lipinski definition) is 1. The summed E-state index contributed by atoms with van der Waals surface area (Å²) in [5, 5.41) is 11.2. The van der Waals surface area contributed by atoms with Crippen molar-refractivity contribution in [3.63, 3.8) is 0 Å². The van der Waals surface area contributed by atoms with Gasteiger partial charge in [-0.05, 0) is 29.8 Å². The van der Waals surface area contributed by atoms with Crippen LogP contribution >= 0.6 is 0 Å². The normalized spacial score (nSPS) is 11.0. The third-order valence-corrected chi connectivity index (χ3v) is 4.62. The van der Waals surface area contributed by atoms with Gasteiger partial charge in [-0.15, -0.1) is 3.89 Å². The zero-order chi connectivity index (χ0) is 23.5. The Hall–Kier alpha value is -3.76. The van der Waals surface area contributed by atoms with Gasteiger partial charge in [0.05, 0.1) is 36.4 Å². The van der Waals surface area contributed by atoms with Gasteiger partial charge in [-0.2, -0.15) is 0 Å². The Morgan fingerprint density at radius 2 is 1.47 bits per heavy atom. The maximum absolute atomic E-state index is 12.2. The Morgan fingerprint density at radius 1 is 0.938 bits per heavy atom. The van der Waals surface area contributed by atoms with Crippen LogP contribution in [0.1, 0.15) is 10.4 Å². The second-order valence-corrected chi connectivity index (χ2v) is 7.23. The van der Waals surface area contributed by atoms with Gasteiger partial charge in [0.1, 0.15) is 11.5 Å². The van der Waals surface area contributed by atoms with Gasteiger partial charge in [-0.25, -0.2) is 18.2 Å². The summed E-state index contributed by atoms with van der Waals surface area (Å²) in [5.74, 6) is 0.206. The van der Waals surface area contributed by atoms with Crippen LogP contribution in [0.15, 0.2) is 60.7 Å². The zero-order valence-corrected chi connectivity index (χ0v) is 17.7. The highest BCUT2D eigenvalue weighted by Gasteiger charge is 2.22. The van der Waals surface area contributed by atoms with Crippen molar-refractivity contribution in [1.82, 2.24) is 4.98 Å². The number of carboxylic acids is 1. The van der Waals surface area contributed by atoms with E-state index in [1.165, 1.54) is 0 Å². The number of aromatic nitrogens is 1. The molecule has 1 heterocycles. The van der Waals surface area contributed by atoms with Crippen molar-refractivity contribution < 1.29 is 36.2 Å². The second kappa shape index (κ2) is 9.16. The minimum absolute atomic E-state index is 0.221. The number of pyridine rings is 1. The first kappa shape index (κ1) is 22.9.